The van der Waals surface area contributed by atoms with Crippen LogP contribution in [-0.2, 0) is 14.1 Å². The third-order valence-electron chi connectivity index (χ3n) is 4.60. The molecule has 0 bridgehead atoms. The molecule has 0 spiro atoms. The maximum atomic E-state index is 13.3. The van der Waals surface area contributed by atoms with Crippen molar-refractivity contribution in [3.8, 4) is 10.6 Å². The lowest BCUT2D eigenvalue weighted by Crippen LogP contribution is -2.49. The van der Waals surface area contributed by atoms with Crippen LogP contribution in [0.25, 0.3) is 10.6 Å². The molecular weight excluding hydrogens is 421 g/mol. The molecule has 0 aromatic carbocycles. The fraction of sp³-hybridized carbons (Fsp3) is 0.412. The van der Waals surface area contributed by atoms with Gasteiger partial charge in [0.2, 0.25) is 0 Å². The van der Waals surface area contributed by atoms with Crippen LogP contribution >= 0.6 is 36.2 Å². The third kappa shape index (κ3) is 4.07. The van der Waals surface area contributed by atoms with Gasteiger partial charge in [0.05, 0.1) is 11.9 Å². The number of aryl methyl sites for hydroxylation is 3. The Balaban J connectivity index is 0.00000140. The Labute approximate surface area is 179 Å². The largest absolute Gasteiger partial charge is 0.336 e. The van der Waals surface area contributed by atoms with Crippen molar-refractivity contribution in [3.05, 3.63) is 41.2 Å². The summed E-state index contributed by atoms with van der Waals surface area (Å²) in [5.41, 5.74) is 1.69. The Bertz CT molecular complexity index is 951. The van der Waals surface area contributed by atoms with Crippen LogP contribution in [0.4, 0.5) is 0 Å². The van der Waals surface area contributed by atoms with Crippen molar-refractivity contribution >= 4 is 42.1 Å². The van der Waals surface area contributed by atoms with Crippen LogP contribution in [0, 0.1) is 6.92 Å². The second kappa shape index (κ2) is 9.04. The van der Waals surface area contributed by atoms with Crippen molar-refractivity contribution in [1.82, 2.24) is 34.5 Å². The molecule has 4 rings (SSSR count). The molecule has 28 heavy (non-hydrogen) atoms. The van der Waals surface area contributed by atoms with E-state index in [0.29, 0.717) is 18.0 Å². The van der Waals surface area contributed by atoms with Crippen LogP contribution in [0.1, 0.15) is 27.2 Å². The first-order valence-corrected chi connectivity index (χ1v) is 9.31. The summed E-state index contributed by atoms with van der Waals surface area (Å²) in [4.78, 5) is 24.9. The molecule has 152 valence electrons. The van der Waals surface area contributed by atoms with Gasteiger partial charge in [-0.05, 0) is 6.92 Å². The van der Waals surface area contributed by atoms with E-state index in [1.165, 1.54) is 11.3 Å². The normalized spacial score (nSPS) is 16.4. The van der Waals surface area contributed by atoms with Crippen molar-refractivity contribution in [2.75, 3.05) is 19.6 Å². The average molecular weight is 444 g/mol. The molecule has 0 saturated carbocycles. The van der Waals surface area contributed by atoms with Gasteiger partial charge in [-0.25, -0.2) is 9.97 Å². The maximum Gasteiger partial charge on any atom is 0.266 e. The van der Waals surface area contributed by atoms with Crippen molar-refractivity contribution < 1.29 is 4.79 Å². The smallest absolute Gasteiger partial charge is 0.266 e. The van der Waals surface area contributed by atoms with Crippen LogP contribution < -0.4 is 5.32 Å². The Morgan fingerprint density at radius 3 is 2.75 bits per heavy atom. The first-order valence-electron chi connectivity index (χ1n) is 8.50. The van der Waals surface area contributed by atoms with E-state index in [1.807, 2.05) is 42.9 Å². The van der Waals surface area contributed by atoms with E-state index >= 15 is 0 Å². The lowest BCUT2D eigenvalue weighted by atomic mass is 10.1. The molecule has 11 heteroatoms. The van der Waals surface area contributed by atoms with Gasteiger partial charge in [0.25, 0.3) is 5.91 Å². The van der Waals surface area contributed by atoms with Crippen molar-refractivity contribution in [2.24, 2.45) is 14.1 Å². The topological polar surface area (TPSA) is 80.9 Å². The molecule has 3 aromatic rings. The van der Waals surface area contributed by atoms with E-state index in [4.69, 9.17) is 0 Å². The quantitative estimate of drug-likeness (QED) is 0.670. The zero-order valence-corrected chi connectivity index (χ0v) is 18.3. The standard InChI is InChI=1S/C17H21N7OS.2ClH/c1-11-14(26-16(21-11)12-8-20-23(3)10-12)17(25)24-7-4-18-9-13(24)15-19-5-6-22(15)2;;/h5-6,8,10,13,18H,4,7,9H2,1-3H3;2*1H. The number of hydrogen-bond acceptors (Lipinski definition) is 6. The molecule has 1 fully saturated rings. The second-order valence-electron chi connectivity index (χ2n) is 6.45. The molecule has 3 aromatic heterocycles. The number of thiazole rings is 1. The number of nitrogens with zero attached hydrogens (tertiary/aromatic N) is 6. The Hall–Kier alpha value is -1.94. The number of rotatable bonds is 3. The number of imidazole rings is 1. The van der Waals surface area contributed by atoms with E-state index in [-0.39, 0.29) is 36.8 Å². The fourth-order valence-corrected chi connectivity index (χ4v) is 4.25. The fourth-order valence-electron chi connectivity index (χ4n) is 3.26. The molecule has 1 amide bonds. The first kappa shape index (κ1) is 22.4. The molecule has 0 radical (unpaired) electrons. The number of hydrogen-bond donors (Lipinski definition) is 1. The summed E-state index contributed by atoms with van der Waals surface area (Å²) in [7, 11) is 3.83. The predicted molar refractivity (Wildman–Crippen MR) is 113 cm³/mol. The van der Waals surface area contributed by atoms with Crippen LogP contribution in [-0.4, -0.2) is 54.8 Å². The summed E-state index contributed by atoms with van der Waals surface area (Å²) in [5, 5.41) is 8.38. The third-order valence-corrected chi connectivity index (χ3v) is 5.80. The van der Waals surface area contributed by atoms with Crippen molar-refractivity contribution in [2.45, 2.75) is 13.0 Å². The summed E-state index contributed by atoms with van der Waals surface area (Å²) in [6.07, 6.45) is 7.36. The summed E-state index contributed by atoms with van der Waals surface area (Å²) in [5.74, 6) is 0.907. The molecule has 1 atom stereocenters. The number of nitrogens with one attached hydrogen (secondary N) is 1. The molecule has 1 unspecified atom stereocenters. The molecule has 1 aliphatic heterocycles. The lowest BCUT2D eigenvalue weighted by Gasteiger charge is -2.35. The van der Waals surface area contributed by atoms with Gasteiger partial charge in [0, 0.05) is 57.9 Å². The van der Waals surface area contributed by atoms with E-state index in [9.17, 15) is 4.79 Å². The Kier molecular flexibility index (Phi) is 7.22. The van der Waals surface area contributed by atoms with Crippen molar-refractivity contribution in [3.63, 3.8) is 0 Å². The van der Waals surface area contributed by atoms with Gasteiger partial charge in [0.15, 0.2) is 0 Å². The van der Waals surface area contributed by atoms with E-state index < -0.39 is 0 Å². The van der Waals surface area contributed by atoms with E-state index in [2.05, 4.69) is 20.4 Å². The molecule has 0 aliphatic carbocycles. The minimum atomic E-state index is -0.0837. The van der Waals surface area contributed by atoms with E-state index in [1.54, 1.807) is 17.1 Å². The maximum absolute atomic E-state index is 13.3. The van der Waals surface area contributed by atoms with Gasteiger partial charge in [-0.3, -0.25) is 9.48 Å². The zero-order valence-electron chi connectivity index (χ0n) is 15.8. The van der Waals surface area contributed by atoms with Gasteiger partial charge in [-0.2, -0.15) is 5.10 Å². The van der Waals surface area contributed by atoms with Crippen LogP contribution in [0.5, 0.6) is 0 Å². The summed E-state index contributed by atoms with van der Waals surface area (Å²) in [6, 6.07) is -0.0837. The number of halogens is 2. The molecule has 1 N–H and O–H groups in total. The molecular formula is C17H23Cl2N7OS. The van der Waals surface area contributed by atoms with Crippen LogP contribution in [0.15, 0.2) is 24.8 Å². The highest BCUT2D eigenvalue weighted by molar-refractivity contribution is 7.17. The summed E-state index contributed by atoms with van der Waals surface area (Å²) < 4.78 is 3.71. The second-order valence-corrected chi connectivity index (χ2v) is 7.45. The van der Waals surface area contributed by atoms with Gasteiger partial charge in [-0.1, -0.05) is 0 Å². The number of carbonyl (C=O) groups is 1. The highest BCUT2D eigenvalue weighted by Crippen LogP contribution is 2.31. The summed E-state index contributed by atoms with van der Waals surface area (Å²) in [6.45, 7) is 4.02. The number of piperazine rings is 1. The molecule has 1 aliphatic rings. The van der Waals surface area contributed by atoms with Crippen molar-refractivity contribution in [1.29, 1.82) is 0 Å². The molecule has 4 heterocycles. The van der Waals surface area contributed by atoms with Gasteiger partial charge in [0.1, 0.15) is 21.8 Å². The number of aromatic nitrogens is 5. The monoisotopic (exact) mass is 443 g/mol. The number of amides is 1. The highest BCUT2D eigenvalue weighted by atomic mass is 35.5. The Morgan fingerprint density at radius 2 is 2.11 bits per heavy atom. The first-order chi connectivity index (χ1) is 12.5. The summed E-state index contributed by atoms with van der Waals surface area (Å²) >= 11 is 1.43. The highest BCUT2D eigenvalue weighted by Gasteiger charge is 2.33. The Morgan fingerprint density at radius 1 is 1.32 bits per heavy atom. The predicted octanol–water partition coefficient (Wildman–Crippen LogP) is 2.22. The van der Waals surface area contributed by atoms with E-state index in [0.717, 1.165) is 28.6 Å². The lowest BCUT2D eigenvalue weighted by molar-refractivity contribution is 0.0625. The van der Waals surface area contributed by atoms with Gasteiger partial charge in [-0.15, -0.1) is 36.2 Å². The molecule has 1 saturated heterocycles. The molecule has 8 nitrogen and oxygen atoms in total. The van der Waals surface area contributed by atoms with Crippen LogP contribution in [0.2, 0.25) is 0 Å². The average Bonchev–Trinajstić information content (AvgIpc) is 3.34. The number of carbonyl (C=O) groups excluding carboxylic acids is 1. The van der Waals surface area contributed by atoms with Gasteiger partial charge < -0.3 is 14.8 Å². The zero-order chi connectivity index (χ0) is 18.3. The van der Waals surface area contributed by atoms with Crippen LogP contribution in [0.3, 0.4) is 0 Å². The minimum absolute atomic E-state index is 0. The minimum Gasteiger partial charge on any atom is -0.336 e. The van der Waals surface area contributed by atoms with Gasteiger partial charge >= 0.3 is 0 Å². The SMILES string of the molecule is Cc1nc(-c2cnn(C)c2)sc1C(=O)N1CCNCC1c1nccn1C.Cl.Cl.